The first-order chi connectivity index (χ1) is 11.7. The quantitative estimate of drug-likeness (QED) is 0.699. The van der Waals surface area contributed by atoms with Crippen molar-refractivity contribution in [2.45, 2.75) is 33.5 Å². The number of H-pyrrole nitrogens is 1. The molecule has 3 nitrogen and oxygen atoms in total. The van der Waals surface area contributed by atoms with Crippen molar-refractivity contribution in [2.75, 3.05) is 13.1 Å². The predicted octanol–water partition coefficient (Wildman–Crippen LogP) is 3.89. The van der Waals surface area contributed by atoms with E-state index in [4.69, 9.17) is 0 Å². The molecule has 2 N–H and O–H groups in total. The average Bonchev–Trinajstić information content (AvgIpc) is 3.14. The molecule has 3 heteroatoms. The average molecular weight is 319 g/mol. The van der Waals surface area contributed by atoms with Crippen LogP contribution >= 0.6 is 0 Å². The Hall–Kier alpha value is -2.10. The summed E-state index contributed by atoms with van der Waals surface area (Å²) in [6.45, 7) is 9.51. The van der Waals surface area contributed by atoms with Gasteiger partial charge in [0.15, 0.2) is 0 Å². The van der Waals surface area contributed by atoms with Crippen LogP contribution in [-0.2, 0) is 19.6 Å². The molecular formula is C21H25N3. The molecule has 0 unspecified atom stereocenters. The van der Waals surface area contributed by atoms with Crippen LogP contribution < -0.4 is 5.32 Å². The molecule has 0 spiro atoms. The van der Waals surface area contributed by atoms with Crippen molar-refractivity contribution < 1.29 is 0 Å². The summed E-state index contributed by atoms with van der Waals surface area (Å²) in [6.07, 6.45) is 0. The summed E-state index contributed by atoms with van der Waals surface area (Å²) in [4.78, 5) is 6.05. The fraction of sp³-hybridized carbons (Fsp3) is 0.333. The van der Waals surface area contributed by atoms with Crippen LogP contribution in [0.4, 0.5) is 0 Å². The molecule has 0 fully saturated rings. The normalized spacial score (nSPS) is 14.4. The zero-order valence-electron chi connectivity index (χ0n) is 14.5. The second-order valence-electron chi connectivity index (χ2n) is 6.99. The molecule has 2 aromatic carbocycles. The largest absolute Gasteiger partial charge is 0.357 e. The SMILES string of the molecule is Cc1cc(C)c2cc(CNCCN3Cc4ccccc4C3)[nH]c2c1. The first-order valence-electron chi connectivity index (χ1n) is 8.78. The molecule has 4 rings (SSSR count). The molecule has 124 valence electrons. The molecule has 0 radical (unpaired) electrons. The van der Waals surface area contributed by atoms with Gasteiger partial charge < -0.3 is 10.3 Å². The van der Waals surface area contributed by atoms with Gasteiger partial charge in [-0.05, 0) is 48.2 Å². The summed E-state index contributed by atoms with van der Waals surface area (Å²) in [5, 5.41) is 4.92. The van der Waals surface area contributed by atoms with Crippen molar-refractivity contribution in [2.24, 2.45) is 0 Å². The third-order valence-corrected chi connectivity index (χ3v) is 4.97. The van der Waals surface area contributed by atoms with E-state index in [0.717, 1.165) is 32.7 Å². The Morgan fingerprint density at radius 3 is 2.54 bits per heavy atom. The van der Waals surface area contributed by atoms with Crippen LogP contribution in [0.1, 0.15) is 27.9 Å². The van der Waals surface area contributed by atoms with Gasteiger partial charge in [-0.2, -0.15) is 0 Å². The van der Waals surface area contributed by atoms with Crippen LogP contribution in [0, 0.1) is 13.8 Å². The summed E-state index contributed by atoms with van der Waals surface area (Å²) in [7, 11) is 0. The van der Waals surface area contributed by atoms with E-state index in [1.807, 2.05) is 0 Å². The van der Waals surface area contributed by atoms with Crippen LogP contribution in [0.2, 0.25) is 0 Å². The van der Waals surface area contributed by atoms with Gasteiger partial charge in [-0.1, -0.05) is 30.3 Å². The summed E-state index contributed by atoms with van der Waals surface area (Å²) >= 11 is 0. The van der Waals surface area contributed by atoms with Gasteiger partial charge in [0.2, 0.25) is 0 Å². The number of nitrogens with one attached hydrogen (secondary N) is 2. The molecular weight excluding hydrogens is 294 g/mol. The van der Waals surface area contributed by atoms with Gasteiger partial charge in [0, 0.05) is 49.3 Å². The van der Waals surface area contributed by atoms with Gasteiger partial charge in [-0.3, -0.25) is 4.90 Å². The molecule has 1 aliphatic heterocycles. The highest BCUT2D eigenvalue weighted by Gasteiger charge is 2.17. The second-order valence-corrected chi connectivity index (χ2v) is 6.99. The van der Waals surface area contributed by atoms with Crippen molar-refractivity contribution >= 4 is 10.9 Å². The van der Waals surface area contributed by atoms with Crippen molar-refractivity contribution in [3.05, 3.63) is 70.4 Å². The van der Waals surface area contributed by atoms with Crippen LogP contribution in [0.25, 0.3) is 10.9 Å². The number of hydrogen-bond acceptors (Lipinski definition) is 2. The third kappa shape index (κ3) is 3.10. The first kappa shape index (κ1) is 15.4. The maximum absolute atomic E-state index is 3.58. The lowest BCUT2D eigenvalue weighted by Crippen LogP contribution is -2.28. The van der Waals surface area contributed by atoms with Crippen LogP contribution in [0.3, 0.4) is 0 Å². The van der Waals surface area contributed by atoms with Gasteiger partial charge >= 0.3 is 0 Å². The van der Waals surface area contributed by atoms with Gasteiger partial charge in [0.25, 0.3) is 0 Å². The lowest BCUT2D eigenvalue weighted by atomic mass is 10.1. The molecule has 24 heavy (non-hydrogen) atoms. The van der Waals surface area contributed by atoms with E-state index in [1.54, 1.807) is 0 Å². The van der Waals surface area contributed by atoms with Crippen molar-refractivity contribution in [3.8, 4) is 0 Å². The van der Waals surface area contributed by atoms with Crippen molar-refractivity contribution in [1.82, 2.24) is 15.2 Å². The number of aromatic nitrogens is 1. The smallest absolute Gasteiger partial charge is 0.0461 e. The number of fused-ring (bicyclic) bond motifs is 2. The monoisotopic (exact) mass is 319 g/mol. The maximum atomic E-state index is 3.58. The predicted molar refractivity (Wildman–Crippen MR) is 100 cm³/mol. The van der Waals surface area contributed by atoms with Gasteiger partial charge in [0.1, 0.15) is 0 Å². The van der Waals surface area contributed by atoms with Crippen LogP contribution in [0.15, 0.2) is 42.5 Å². The van der Waals surface area contributed by atoms with Gasteiger partial charge in [0.05, 0.1) is 0 Å². The molecule has 0 saturated carbocycles. The van der Waals surface area contributed by atoms with Crippen molar-refractivity contribution in [1.29, 1.82) is 0 Å². The molecule has 0 saturated heterocycles. The Morgan fingerprint density at radius 1 is 1.04 bits per heavy atom. The maximum Gasteiger partial charge on any atom is 0.0461 e. The summed E-state index contributed by atoms with van der Waals surface area (Å²) in [5.41, 5.74) is 8.15. The number of nitrogens with zero attached hydrogens (tertiary/aromatic N) is 1. The van der Waals surface area contributed by atoms with Gasteiger partial charge in [-0.15, -0.1) is 0 Å². The zero-order valence-corrected chi connectivity index (χ0v) is 14.5. The van der Waals surface area contributed by atoms with Crippen LogP contribution in [-0.4, -0.2) is 23.0 Å². The lowest BCUT2D eigenvalue weighted by Gasteiger charge is -2.14. The third-order valence-electron chi connectivity index (χ3n) is 4.97. The highest BCUT2D eigenvalue weighted by atomic mass is 15.2. The highest BCUT2D eigenvalue weighted by Crippen LogP contribution is 2.22. The van der Waals surface area contributed by atoms with Crippen molar-refractivity contribution in [3.63, 3.8) is 0 Å². The number of aromatic amines is 1. The molecule has 1 aliphatic rings. The zero-order chi connectivity index (χ0) is 16.5. The van der Waals surface area contributed by atoms with E-state index in [-0.39, 0.29) is 0 Å². The Balaban J connectivity index is 1.30. The Labute approximate surface area is 143 Å². The number of rotatable bonds is 5. The molecule has 3 aromatic rings. The molecule has 1 aromatic heterocycles. The number of hydrogen-bond donors (Lipinski definition) is 2. The fourth-order valence-electron chi connectivity index (χ4n) is 3.77. The Kier molecular flexibility index (Phi) is 4.13. The van der Waals surface area contributed by atoms with E-state index in [1.165, 1.54) is 38.9 Å². The standard InChI is InChI=1S/C21H25N3/c1-15-9-16(2)20-11-19(23-21(20)10-15)12-22-7-8-24-13-17-5-3-4-6-18(17)14-24/h3-6,9-11,22-23H,7-8,12-14H2,1-2H3. The molecule has 0 bridgehead atoms. The van der Waals surface area contributed by atoms with Crippen LogP contribution in [0.5, 0.6) is 0 Å². The second kappa shape index (κ2) is 6.42. The summed E-state index contributed by atoms with van der Waals surface area (Å²) in [6, 6.07) is 15.5. The Bertz CT molecular complexity index is 838. The van der Waals surface area contributed by atoms with E-state index < -0.39 is 0 Å². The summed E-state index contributed by atoms with van der Waals surface area (Å²) < 4.78 is 0. The van der Waals surface area contributed by atoms with Gasteiger partial charge in [-0.25, -0.2) is 0 Å². The molecule has 0 atom stereocenters. The minimum Gasteiger partial charge on any atom is -0.357 e. The minimum absolute atomic E-state index is 0.897. The topological polar surface area (TPSA) is 31.1 Å². The van der Waals surface area contributed by atoms with E-state index >= 15 is 0 Å². The highest BCUT2D eigenvalue weighted by molar-refractivity contribution is 5.84. The van der Waals surface area contributed by atoms with E-state index in [2.05, 4.69) is 71.5 Å². The lowest BCUT2D eigenvalue weighted by molar-refractivity contribution is 0.283. The molecule has 0 aliphatic carbocycles. The first-order valence-corrected chi connectivity index (χ1v) is 8.78. The molecule has 0 amide bonds. The van der Waals surface area contributed by atoms with E-state index in [9.17, 15) is 0 Å². The summed E-state index contributed by atoms with van der Waals surface area (Å²) in [5.74, 6) is 0. The number of aryl methyl sites for hydroxylation is 2. The minimum atomic E-state index is 0.897. The number of benzene rings is 2. The molecule has 2 heterocycles. The Morgan fingerprint density at radius 2 is 1.79 bits per heavy atom. The fourth-order valence-corrected chi connectivity index (χ4v) is 3.77. The van der Waals surface area contributed by atoms with E-state index in [0.29, 0.717) is 0 Å².